The van der Waals surface area contributed by atoms with Crippen molar-refractivity contribution in [2.75, 3.05) is 11.5 Å². The highest BCUT2D eigenvalue weighted by molar-refractivity contribution is 9.18. The maximum atomic E-state index is 3.15. The van der Waals surface area contributed by atoms with Gasteiger partial charge >= 0.3 is 0 Å². The van der Waals surface area contributed by atoms with Crippen LogP contribution in [0.3, 0.4) is 0 Å². The second-order valence-corrected chi connectivity index (χ2v) is 59.0. The normalized spacial score (nSPS) is 21.8. The van der Waals surface area contributed by atoms with Gasteiger partial charge in [-0.25, -0.2) is 0 Å². The zero-order valence-corrected chi connectivity index (χ0v) is 77.1. The minimum Gasteiger partial charge on any atom is -0.367 e. The van der Waals surface area contributed by atoms with Crippen LogP contribution in [0.5, 0.6) is 0 Å². The van der Waals surface area contributed by atoms with Crippen LogP contribution in [-0.2, 0) is 41.6 Å². The van der Waals surface area contributed by atoms with Gasteiger partial charge < -0.3 is 15.0 Å². The maximum absolute atomic E-state index is 3.15. The first-order valence-corrected chi connectivity index (χ1v) is 63.0. The van der Waals surface area contributed by atoms with E-state index in [2.05, 4.69) is 277 Å². The van der Waals surface area contributed by atoms with Gasteiger partial charge in [-0.2, -0.15) is 0 Å². The molecule has 6 unspecified atom stereocenters. The molecule has 3 aromatic heterocycles. The number of benzene rings is 11. The van der Waals surface area contributed by atoms with Gasteiger partial charge in [0.1, 0.15) is 0 Å². The Labute approximate surface area is 734 Å². The summed E-state index contributed by atoms with van der Waals surface area (Å²) < 4.78 is 1.69. The van der Waals surface area contributed by atoms with Gasteiger partial charge in [-0.1, -0.05) is 358 Å². The molecule has 0 fully saturated rings. The van der Waals surface area contributed by atoms with Gasteiger partial charge in [0, 0.05) is 164 Å². The standard InChI is InChI=1S/C26H12S6.C20H10S4.C12H10S2.C11H8S2.C7H9NS3.C7H9NS2.C6H7NS2/c1-3-7-13-11(5-1)9-15-17-21(13)27-31-25(17)20-19-23(15)29-32-26(19)18-16(24(20)30-31)10-12-6-2-4-8-14(12)22(18)28-32;1-5-13-19-14(22-21-13)7-3-11-12-4-8-16-20-15(23-24-16)6-2-10(18(12)20)9(1)17(11)19;1-3-9-4-2-6-11-8-14-13-7-10(5-1)12(9)11;1-3-8-4-2-6-10-11(8)9(5-1)7-12-13-10;1-2-6-4-8-5-7(6)10-11-9-3-1;1-2-6-4-8-5-7(6)10-9-3-1;1-5-3-8-9-4-6(5)2-7-1/h1-10,15,17H;1-8,13,15H;1-6H,7-8H2;1-6H,7H2;4-5,8H,1-3H2;4-5,8H,1-3H2;1-2,7H,3-4H2. The van der Waals surface area contributed by atoms with E-state index >= 15 is 0 Å². The Balaban J connectivity index is 0.0000000830. The second-order valence-electron chi connectivity index (χ2n) is 28.8. The monoisotopic (exact) mass is 1850 g/mol. The number of fused-ring (bicyclic) bond motifs is 10. The molecular weight excluding hydrogens is 1780 g/mol. The summed E-state index contributed by atoms with van der Waals surface area (Å²) in [6, 6.07) is 56.5. The molecule has 14 aromatic rings. The zero-order chi connectivity index (χ0) is 74.2. The lowest BCUT2D eigenvalue weighted by molar-refractivity contribution is 0.792. The molecule has 562 valence electrons. The van der Waals surface area contributed by atoms with Crippen LogP contribution < -0.4 is 15.7 Å². The van der Waals surface area contributed by atoms with Gasteiger partial charge in [-0.05, 0) is 196 Å². The summed E-state index contributed by atoms with van der Waals surface area (Å²) >= 11 is 0. The lowest BCUT2D eigenvalue weighted by Gasteiger charge is -2.32. The van der Waals surface area contributed by atoms with Crippen molar-refractivity contribution in [2.24, 2.45) is 11.8 Å². The van der Waals surface area contributed by atoms with Crippen LogP contribution >= 0.6 is 221 Å². The lowest BCUT2D eigenvalue weighted by atomic mass is 9.76. The topological polar surface area (TPSA) is 47.4 Å². The Morgan fingerprint density at radius 2 is 0.947 bits per heavy atom. The van der Waals surface area contributed by atoms with E-state index in [0.29, 0.717) is 22.3 Å². The average molecular weight is 1850 g/mol. The van der Waals surface area contributed by atoms with Crippen molar-refractivity contribution in [3.63, 3.8) is 0 Å². The third kappa shape index (κ3) is 13.5. The minimum atomic E-state index is 0.195. The zero-order valence-electron chi connectivity index (χ0n) is 59.9. The Kier molecular flexibility index (Phi) is 21.6. The van der Waals surface area contributed by atoms with E-state index in [1.165, 1.54) is 193 Å². The Hall–Kier alpha value is -2.87. The van der Waals surface area contributed by atoms with E-state index in [1.807, 2.05) is 161 Å². The first kappa shape index (κ1) is 75.1. The van der Waals surface area contributed by atoms with E-state index < -0.39 is 0 Å². The number of aryl methyl sites for hydroxylation is 2. The number of hydrogen-bond acceptors (Lipinski definition) is 19. The van der Waals surface area contributed by atoms with E-state index in [4.69, 9.17) is 0 Å². The molecule has 0 amide bonds. The van der Waals surface area contributed by atoms with Gasteiger partial charge in [0.15, 0.2) is 0 Å². The SMILES string of the molecule is C1=CC2SSc3ccc4c(c1c1c5c6c(ccc54)SSC6C=C1)c32.C1=c2ccccc2=C2SS3=C4c5c(c6cc7ccccc7c7c6c6c5=C(SS=6S7)C1C24)S3.c1[nH]cc2c1CCCSS2.c1[nH]cc2c1CCCSSS2.c1[nH]cc2c1CSSC2.c1cc2c3c(cccc3c1)CSSC2.c1cc2c3c(cccc3c1)SSC2. The maximum Gasteiger partial charge on any atom is 0.0605 e. The first-order valence-electron chi connectivity index (χ1n) is 37.5. The third-order valence-corrected chi connectivity index (χ3v) is 54.5. The number of hydrogen-bond donors (Lipinski definition) is 3. The van der Waals surface area contributed by atoms with Gasteiger partial charge in [-0.15, -0.1) is 0 Å². The van der Waals surface area contributed by atoms with Crippen molar-refractivity contribution in [3.8, 4) is 0 Å². The van der Waals surface area contributed by atoms with Gasteiger partial charge in [0.2, 0.25) is 0 Å². The molecule has 3 N–H and O–H groups in total. The van der Waals surface area contributed by atoms with Crippen LogP contribution in [-0.4, -0.2) is 31.3 Å². The number of aromatic nitrogens is 3. The highest BCUT2D eigenvalue weighted by Crippen LogP contribution is 2.74. The fourth-order valence-corrected chi connectivity index (χ4v) is 51.8. The molecule has 0 bridgehead atoms. The van der Waals surface area contributed by atoms with Crippen LogP contribution in [0.15, 0.2) is 235 Å². The van der Waals surface area contributed by atoms with Crippen LogP contribution in [0.25, 0.3) is 92.7 Å². The summed E-state index contributed by atoms with van der Waals surface area (Å²) in [5.41, 5.74) is 18.1. The van der Waals surface area contributed by atoms with E-state index in [9.17, 15) is 0 Å². The summed E-state index contributed by atoms with van der Waals surface area (Å²) in [7, 11) is 38.2. The highest BCUT2D eigenvalue weighted by Gasteiger charge is 2.50. The minimum absolute atomic E-state index is 0.195. The van der Waals surface area contributed by atoms with Crippen molar-refractivity contribution < 1.29 is 0 Å². The van der Waals surface area contributed by atoms with Crippen LogP contribution in [0, 0.1) is 16.3 Å². The van der Waals surface area contributed by atoms with Gasteiger partial charge in [-0.3, -0.25) is 0 Å². The summed E-state index contributed by atoms with van der Waals surface area (Å²) in [4.78, 5) is 24.8. The molecule has 29 rings (SSSR count). The molecule has 11 aliphatic heterocycles. The van der Waals surface area contributed by atoms with Crippen molar-refractivity contribution in [1.29, 1.82) is 0 Å². The Bertz CT molecular complexity index is 6520. The lowest BCUT2D eigenvalue weighted by Crippen LogP contribution is -2.41. The summed E-state index contributed by atoms with van der Waals surface area (Å²) in [6.45, 7) is 0. The van der Waals surface area contributed by atoms with Crippen molar-refractivity contribution in [2.45, 2.75) is 99.2 Å². The Morgan fingerprint density at radius 1 is 0.381 bits per heavy atom. The fourth-order valence-electron chi connectivity index (χ4n) is 17.5. The molecule has 0 saturated heterocycles. The smallest absolute Gasteiger partial charge is 0.0605 e. The molecule has 15 aliphatic rings. The second kappa shape index (κ2) is 32.5. The number of aromatic amines is 3. The molecular formula is C89H65N3S21. The molecule has 6 atom stereocenters. The molecule has 14 heterocycles. The predicted molar refractivity (Wildman–Crippen MR) is 535 cm³/mol. The molecule has 4 aliphatic carbocycles. The quantitative estimate of drug-likeness (QED) is 0.0584. The number of H-pyrrole nitrogens is 3. The van der Waals surface area contributed by atoms with E-state index in [0.717, 1.165) is 17.3 Å². The molecule has 0 spiro atoms. The highest BCUT2D eigenvalue weighted by atomic mass is 33.5. The van der Waals surface area contributed by atoms with E-state index in [-0.39, 0.29) is 17.1 Å². The predicted octanol–water partition coefficient (Wildman–Crippen LogP) is 31.0. The summed E-state index contributed by atoms with van der Waals surface area (Å²) in [6.07, 6.45) is 29.9. The van der Waals surface area contributed by atoms with E-state index in [1.54, 1.807) is 56.3 Å². The number of nitrogens with one attached hydrogen (secondary N) is 3. The van der Waals surface area contributed by atoms with Crippen molar-refractivity contribution in [3.05, 3.63) is 288 Å². The molecule has 0 saturated carbocycles. The molecule has 113 heavy (non-hydrogen) atoms. The number of rotatable bonds is 0. The Morgan fingerprint density at radius 3 is 1.65 bits per heavy atom. The van der Waals surface area contributed by atoms with Crippen LogP contribution in [0.4, 0.5) is 0 Å². The fraction of sp³-hybridized carbons (Fsp3) is 0.169. The molecule has 0 radical (unpaired) electrons. The van der Waals surface area contributed by atoms with Crippen molar-refractivity contribution >= 4 is 319 Å². The van der Waals surface area contributed by atoms with Crippen LogP contribution in [0.1, 0.15) is 90.1 Å². The summed E-state index contributed by atoms with van der Waals surface area (Å²) in [5.74, 6) is 9.45. The molecule has 24 heteroatoms. The van der Waals surface area contributed by atoms with Crippen molar-refractivity contribution in [1.82, 2.24) is 15.0 Å². The van der Waals surface area contributed by atoms with Crippen LogP contribution in [0.2, 0.25) is 0 Å². The van der Waals surface area contributed by atoms with Gasteiger partial charge in [0.05, 0.1) is 10.5 Å². The molecule has 11 aromatic carbocycles. The molecule has 3 nitrogen and oxygen atoms in total. The average Bonchev–Trinajstić information content (AvgIpc) is 1.50. The largest absolute Gasteiger partial charge is 0.367 e. The van der Waals surface area contributed by atoms with Gasteiger partial charge in [0.25, 0.3) is 0 Å². The first-order chi connectivity index (χ1) is 56.1. The third-order valence-electron chi connectivity index (χ3n) is 22.5. The summed E-state index contributed by atoms with van der Waals surface area (Å²) in [5, 5.41) is 23.3.